The maximum absolute atomic E-state index is 13.9. The number of piperidine rings is 1. The first-order valence-corrected chi connectivity index (χ1v) is 15.0. The van der Waals surface area contributed by atoms with Crippen LogP contribution in [-0.4, -0.2) is 70.2 Å². The summed E-state index contributed by atoms with van der Waals surface area (Å²) in [4.78, 5) is 20.4. The maximum Gasteiger partial charge on any atom is 0.252 e. The van der Waals surface area contributed by atoms with Gasteiger partial charge in [-0.25, -0.2) is 13.4 Å². The highest BCUT2D eigenvalue weighted by atomic mass is 32.2. The zero-order chi connectivity index (χ0) is 25.3. The highest BCUT2D eigenvalue weighted by molar-refractivity contribution is 7.91. The molecule has 2 saturated heterocycles. The van der Waals surface area contributed by atoms with Crippen LogP contribution in [0, 0.1) is 5.92 Å². The maximum atomic E-state index is 13.9. The number of hydrogen-bond acceptors (Lipinski definition) is 9. The highest BCUT2D eigenvalue weighted by Crippen LogP contribution is 2.41. The third kappa shape index (κ3) is 4.84. The number of hydrogen-bond donors (Lipinski definition) is 0. The molecule has 194 valence electrons. The van der Waals surface area contributed by atoms with E-state index in [1.807, 2.05) is 6.07 Å². The summed E-state index contributed by atoms with van der Waals surface area (Å²) in [5.41, 5.74) is 0.652. The largest absolute Gasteiger partial charge is 0.495 e. The molecule has 2 aliphatic rings. The van der Waals surface area contributed by atoms with E-state index >= 15 is 0 Å². The molecule has 0 bridgehead atoms. The first-order chi connectivity index (χ1) is 17.4. The summed E-state index contributed by atoms with van der Waals surface area (Å²) in [6.45, 7) is 1.72. The molecule has 12 heteroatoms. The third-order valence-electron chi connectivity index (χ3n) is 6.70. The molecule has 9 nitrogen and oxygen atoms in total. The minimum atomic E-state index is -3.52. The second-order valence-corrected chi connectivity index (χ2v) is 12.9. The number of sulfonamides is 1. The quantitative estimate of drug-likeness (QED) is 0.418. The van der Waals surface area contributed by atoms with Crippen molar-refractivity contribution in [3.63, 3.8) is 0 Å². The first-order valence-electron chi connectivity index (χ1n) is 11.9. The van der Waals surface area contributed by atoms with Gasteiger partial charge >= 0.3 is 0 Å². The van der Waals surface area contributed by atoms with Crippen molar-refractivity contribution >= 4 is 54.0 Å². The summed E-state index contributed by atoms with van der Waals surface area (Å²) in [5.74, 6) is 0.948. The van der Waals surface area contributed by atoms with Gasteiger partial charge in [0.15, 0.2) is 5.13 Å². The molecule has 5 rings (SSSR count). The zero-order valence-corrected chi connectivity index (χ0v) is 22.7. The van der Waals surface area contributed by atoms with Gasteiger partial charge in [0, 0.05) is 25.6 Å². The number of carbonyl (C=O) groups excluding carboxylic acids is 1. The Morgan fingerprint density at radius 2 is 1.92 bits per heavy atom. The van der Waals surface area contributed by atoms with Crippen LogP contribution < -0.4 is 14.4 Å². The number of amides is 1. The molecule has 4 heterocycles. The van der Waals surface area contributed by atoms with Gasteiger partial charge in [-0.2, -0.15) is 4.31 Å². The fraction of sp³-hybridized carbons (Fsp3) is 0.500. The number of nitrogens with zero attached hydrogens (tertiary/aromatic N) is 3. The van der Waals surface area contributed by atoms with Crippen LogP contribution in [0.15, 0.2) is 33.9 Å². The predicted octanol–water partition coefficient (Wildman–Crippen LogP) is 3.99. The molecule has 36 heavy (non-hydrogen) atoms. The Bertz CT molecular complexity index is 1270. The van der Waals surface area contributed by atoms with Gasteiger partial charge in [0.05, 0.1) is 26.9 Å². The zero-order valence-electron chi connectivity index (χ0n) is 20.2. The molecule has 2 aromatic heterocycles. The molecule has 2 fully saturated rings. The first kappa shape index (κ1) is 25.4. The fourth-order valence-corrected chi connectivity index (χ4v) is 8.45. The Hall–Kier alpha value is -2.25. The molecule has 1 amide bonds. The molecule has 0 radical (unpaired) electrons. The van der Waals surface area contributed by atoms with E-state index in [0.29, 0.717) is 65.4 Å². The minimum absolute atomic E-state index is 0.0457. The van der Waals surface area contributed by atoms with E-state index in [2.05, 4.69) is 0 Å². The van der Waals surface area contributed by atoms with Crippen molar-refractivity contribution in [2.45, 2.75) is 36.0 Å². The Balaban J connectivity index is 1.40. The Labute approximate surface area is 218 Å². The van der Waals surface area contributed by atoms with Crippen LogP contribution in [0.1, 0.15) is 25.7 Å². The molecule has 0 aliphatic carbocycles. The molecule has 0 saturated carbocycles. The van der Waals surface area contributed by atoms with Gasteiger partial charge < -0.3 is 14.2 Å². The minimum Gasteiger partial charge on any atom is -0.495 e. The summed E-state index contributed by atoms with van der Waals surface area (Å²) in [6, 6.07) is 6.99. The Morgan fingerprint density at radius 3 is 2.56 bits per heavy atom. The number of aromatic nitrogens is 1. The van der Waals surface area contributed by atoms with Gasteiger partial charge in [-0.05, 0) is 49.3 Å². The number of benzene rings is 1. The van der Waals surface area contributed by atoms with Gasteiger partial charge in [-0.1, -0.05) is 17.4 Å². The molecule has 2 aliphatic heterocycles. The Kier molecular flexibility index (Phi) is 7.49. The van der Waals surface area contributed by atoms with Gasteiger partial charge in [-0.15, -0.1) is 11.3 Å². The lowest BCUT2D eigenvalue weighted by Crippen LogP contribution is -2.46. The second kappa shape index (κ2) is 10.6. The molecule has 0 N–H and O–H groups in total. The van der Waals surface area contributed by atoms with Crippen LogP contribution >= 0.6 is 22.7 Å². The summed E-state index contributed by atoms with van der Waals surface area (Å²) < 4.78 is 45.4. The van der Waals surface area contributed by atoms with Crippen molar-refractivity contribution in [3.05, 3.63) is 29.6 Å². The summed E-state index contributed by atoms with van der Waals surface area (Å²) >= 11 is 2.61. The lowest BCUT2D eigenvalue weighted by atomic mass is 9.96. The number of thiophene rings is 1. The number of carbonyl (C=O) groups is 1. The van der Waals surface area contributed by atoms with Crippen LogP contribution in [0.4, 0.5) is 5.13 Å². The van der Waals surface area contributed by atoms with Crippen molar-refractivity contribution < 1.29 is 27.4 Å². The van der Waals surface area contributed by atoms with Crippen molar-refractivity contribution in [1.29, 1.82) is 0 Å². The van der Waals surface area contributed by atoms with Crippen LogP contribution in [-0.2, 0) is 19.6 Å². The van der Waals surface area contributed by atoms with Crippen LogP contribution in [0.2, 0.25) is 0 Å². The molecule has 3 aromatic rings. The number of anilines is 1. The topological polar surface area (TPSA) is 98.3 Å². The van der Waals surface area contributed by atoms with Crippen LogP contribution in [0.3, 0.4) is 0 Å². The van der Waals surface area contributed by atoms with E-state index in [-0.39, 0.29) is 17.9 Å². The number of fused-ring (bicyclic) bond motifs is 1. The lowest BCUT2D eigenvalue weighted by Gasteiger charge is -2.33. The molecule has 1 unspecified atom stereocenters. The third-order valence-corrected chi connectivity index (χ3v) is 11.1. The van der Waals surface area contributed by atoms with E-state index in [9.17, 15) is 13.2 Å². The summed E-state index contributed by atoms with van der Waals surface area (Å²) in [6.07, 6.45) is 2.72. The number of rotatable bonds is 8. The molecule has 1 atom stereocenters. The van der Waals surface area contributed by atoms with Crippen molar-refractivity contribution in [2.24, 2.45) is 5.92 Å². The number of thiazole rings is 1. The van der Waals surface area contributed by atoms with Crippen molar-refractivity contribution in [1.82, 2.24) is 9.29 Å². The molecule has 0 spiro atoms. The van der Waals surface area contributed by atoms with Crippen molar-refractivity contribution in [3.8, 4) is 11.5 Å². The lowest BCUT2D eigenvalue weighted by molar-refractivity contribution is -0.123. The Morgan fingerprint density at radius 1 is 1.17 bits per heavy atom. The van der Waals surface area contributed by atoms with E-state index in [1.54, 1.807) is 42.7 Å². The average Bonchev–Trinajstić information content (AvgIpc) is 3.68. The van der Waals surface area contributed by atoms with Gasteiger partial charge in [0.1, 0.15) is 25.9 Å². The van der Waals surface area contributed by atoms with E-state index < -0.39 is 10.0 Å². The van der Waals surface area contributed by atoms with Crippen molar-refractivity contribution in [2.75, 3.05) is 45.4 Å². The van der Waals surface area contributed by atoms with Gasteiger partial charge in [-0.3, -0.25) is 9.69 Å². The van der Waals surface area contributed by atoms with E-state index in [4.69, 9.17) is 19.2 Å². The second-order valence-electron chi connectivity index (χ2n) is 8.84. The predicted molar refractivity (Wildman–Crippen MR) is 140 cm³/mol. The SMILES string of the molecule is COc1ccc(OC)c2sc(N(CC3CCCO3)C(=O)C3CCN(S(=O)(=O)c4cccs4)CC3)nc12. The van der Waals surface area contributed by atoms with E-state index in [0.717, 1.165) is 17.5 Å². The number of methoxy groups -OCH3 is 2. The molecular weight excluding hydrogens is 522 g/mol. The normalized spacial score (nSPS) is 19.6. The summed E-state index contributed by atoms with van der Waals surface area (Å²) in [7, 11) is -0.327. The fourth-order valence-electron chi connectivity index (χ4n) is 4.75. The highest BCUT2D eigenvalue weighted by Gasteiger charge is 2.36. The van der Waals surface area contributed by atoms with Gasteiger partial charge in [0.25, 0.3) is 10.0 Å². The van der Waals surface area contributed by atoms with Crippen LogP contribution in [0.5, 0.6) is 11.5 Å². The standard InChI is InChI=1S/C24H29N3O6S3/c1-31-18-7-8-19(32-2)22-21(18)25-24(35-22)27(15-17-5-3-13-33-17)23(28)16-9-11-26(12-10-16)36(29,30)20-6-4-14-34-20/h4,6-8,14,16-17H,3,5,9-13,15H2,1-2H3. The monoisotopic (exact) mass is 551 g/mol. The summed E-state index contributed by atoms with van der Waals surface area (Å²) in [5, 5.41) is 2.33. The van der Waals surface area contributed by atoms with E-state index in [1.165, 1.54) is 27.0 Å². The molecule has 1 aromatic carbocycles. The average molecular weight is 552 g/mol. The van der Waals surface area contributed by atoms with Crippen LogP contribution in [0.25, 0.3) is 10.2 Å². The number of ether oxygens (including phenoxy) is 3. The van der Waals surface area contributed by atoms with Gasteiger partial charge in [0.2, 0.25) is 5.91 Å². The smallest absolute Gasteiger partial charge is 0.252 e. The molecular formula is C24H29N3O6S3.